The summed E-state index contributed by atoms with van der Waals surface area (Å²) < 4.78 is 25.5. The highest BCUT2D eigenvalue weighted by atomic mass is 32.2. The van der Waals surface area contributed by atoms with Crippen molar-refractivity contribution in [2.75, 3.05) is 10.6 Å². The molecule has 5 heteroatoms. The monoisotopic (exact) mass is 328 g/mol. The van der Waals surface area contributed by atoms with E-state index in [9.17, 15) is 8.42 Å². The van der Waals surface area contributed by atoms with E-state index in [-0.39, 0.29) is 5.66 Å². The first-order valence-electron chi connectivity index (χ1n) is 8.10. The summed E-state index contributed by atoms with van der Waals surface area (Å²) in [7, 11) is -3.47. The Morgan fingerprint density at radius 3 is 2.22 bits per heavy atom. The first-order valence-corrected chi connectivity index (χ1v) is 9.58. The minimum absolute atomic E-state index is 0.0876. The van der Waals surface area contributed by atoms with Crippen LogP contribution in [0.15, 0.2) is 58.3 Å². The summed E-state index contributed by atoms with van der Waals surface area (Å²) >= 11 is 0. The molecular weight excluding hydrogens is 308 g/mol. The fourth-order valence-corrected chi connectivity index (χ4v) is 4.90. The second-order valence-corrected chi connectivity index (χ2v) is 8.37. The van der Waals surface area contributed by atoms with Crippen LogP contribution >= 0.6 is 0 Å². The number of anilines is 2. The third-order valence-electron chi connectivity index (χ3n) is 4.81. The van der Waals surface area contributed by atoms with Crippen LogP contribution < -0.4 is 10.6 Å². The molecule has 0 radical (unpaired) electrons. The van der Waals surface area contributed by atoms with E-state index in [1.54, 1.807) is 36.4 Å². The molecule has 0 unspecified atom stereocenters. The maximum absolute atomic E-state index is 12.8. The lowest BCUT2D eigenvalue weighted by Gasteiger charge is -2.34. The van der Waals surface area contributed by atoms with Crippen LogP contribution in [0.1, 0.15) is 32.1 Å². The van der Waals surface area contributed by atoms with Gasteiger partial charge in [-0.3, -0.25) is 0 Å². The minimum Gasteiger partial charge on any atom is -0.361 e. The van der Waals surface area contributed by atoms with E-state index < -0.39 is 9.84 Å². The second-order valence-electron chi connectivity index (χ2n) is 6.42. The van der Waals surface area contributed by atoms with E-state index >= 15 is 0 Å². The van der Waals surface area contributed by atoms with Crippen LogP contribution in [0, 0.1) is 0 Å². The van der Waals surface area contributed by atoms with Crippen LogP contribution in [0.4, 0.5) is 11.4 Å². The fourth-order valence-electron chi connectivity index (χ4n) is 3.59. The molecule has 120 valence electrons. The Hall–Kier alpha value is -2.01. The fraction of sp³-hybridized carbons (Fsp3) is 0.333. The molecule has 0 bridgehead atoms. The highest BCUT2D eigenvalue weighted by molar-refractivity contribution is 7.91. The number of hydrogen-bond acceptors (Lipinski definition) is 4. The molecule has 1 aliphatic carbocycles. The predicted molar refractivity (Wildman–Crippen MR) is 91.4 cm³/mol. The van der Waals surface area contributed by atoms with E-state index in [1.165, 1.54) is 19.3 Å². The van der Waals surface area contributed by atoms with Crippen LogP contribution in [0.3, 0.4) is 0 Å². The van der Waals surface area contributed by atoms with E-state index in [0.717, 1.165) is 24.2 Å². The van der Waals surface area contributed by atoms with Gasteiger partial charge in [0.2, 0.25) is 9.84 Å². The van der Waals surface area contributed by atoms with Gasteiger partial charge < -0.3 is 10.6 Å². The van der Waals surface area contributed by atoms with E-state index in [4.69, 9.17) is 0 Å². The van der Waals surface area contributed by atoms with Gasteiger partial charge in [0, 0.05) is 0 Å². The van der Waals surface area contributed by atoms with Crippen molar-refractivity contribution in [1.29, 1.82) is 0 Å². The van der Waals surface area contributed by atoms with Crippen molar-refractivity contribution in [3.63, 3.8) is 0 Å². The Labute approximate surface area is 136 Å². The predicted octanol–water partition coefficient (Wildman–Crippen LogP) is 4.02. The Morgan fingerprint density at radius 2 is 1.48 bits per heavy atom. The summed E-state index contributed by atoms with van der Waals surface area (Å²) in [4.78, 5) is 0.669. The van der Waals surface area contributed by atoms with Crippen molar-refractivity contribution in [3.05, 3.63) is 48.5 Å². The molecule has 4 nitrogen and oxygen atoms in total. The summed E-state index contributed by atoms with van der Waals surface area (Å²) in [6.45, 7) is 0. The molecule has 1 aliphatic heterocycles. The highest BCUT2D eigenvalue weighted by Gasteiger charge is 2.37. The summed E-state index contributed by atoms with van der Waals surface area (Å²) in [5.41, 5.74) is 1.80. The standard InChI is InChI=1S/C18H20N2O2S/c21-23(22,14-7-3-1-4-8-14)15-9-10-16-17(13-15)20-18(19-16)11-5-2-6-12-18/h1,3-4,7-10,13,19-20H,2,5-6,11-12H2. The summed E-state index contributed by atoms with van der Waals surface area (Å²) in [6.07, 6.45) is 5.81. The summed E-state index contributed by atoms with van der Waals surface area (Å²) in [5, 5.41) is 7.10. The number of rotatable bonds is 2. The summed E-state index contributed by atoms with van der Waals surface area (Å²) in [5.74, 6) is 0. The summed E-state index contributed by atoms with van der Waals surface area (Å²) in [6, 6.07) is 13.9. The molecule has 0 saturated heterocycles. The number of sulfone groups is 1. The minimum atomic E-state index is -3.47. The van der Waals surface area contributed by atoms with E-state index in [2.05, 4.69) is 10.6 Å². The van der Waals surface area contributed by atoms with Gasteiger partial charge >= 0.3 is 0 Å². The van der Waals surface area contributed by atoms with Gasteiger partial charge in [0.25, 0.3) is 0 Å². The SMILES string of the molecule is O=S(=O)(c1ccccc1)c1ccc2c(c1)NC1(CCCCC1)N2. The molecule has 23 heavy (non-hydrogen) atoms. The van der Waals surface area contributed by atoms with Crippen LogP contribution in [0.5, 0.6) is 0 Å². The molecule has 2 aliphatic rings. The lowest BCUT2D eigenvalue weighted by Crippen LogP contribution is -2.43. The van der Waals surface area contributed by atoms with Crippen molar-refractivity contribution in [2.45, 2.75) is 47.6 Å². The maximum Gasteiger partial charge on any atom is 0.206 e. The zero-order valence-corrected chi connectivity index (χ0v) is 13.7. The lowest BCUT2D eigenvalue weighted by molar-refractivity contribution is 0.367. The maximum atomic E-state index is 12.8. The van der Waals surface area contributed by atoms with Gasteiger partial charge in [-0.25, -0.2) is 8.42 Å². The number of fused-ring (bicyclic) bond motifs is 1. The number of benzene rings is 2. The normalized spacial score (nSPS) is 19.0. The molecule has 0 atom stereocenters. The molecule has 2 aromatic carbocycles. The van der Waals surface area contributed by atoms with Gasteiger partial charge in [0.15, 0.2) is 0 Å². The van der Waals surface area contributed by atoms with Crippen LogP contribution in [-0.2, 0) is 9.84 Å². The van der Waals surface area contributed by atoms with Gasteiger partial charge in [-0.1, -0.05) is 24.6 Å². The Balaban J connectivity index is 1.69. The van der Waals surface area contributed by atoms with Crippen molar-refractivity contribution < 1.29 is 8.42 Å². The third kappa shape index (κ3) is 2.49. The van der Waals surface area contributed by atoms with Gasteiger partial charge in [-0.2, -0.15) is 0 Å². The number of hydrogen-bond donors (Lipinski definition) is 2. The van der Waals surface area contributed by atoms with Gasteiger partial charge in [0.1, 0.15) is 5.66 Å². The van der Waals surface area contributed by atoms with Gasteiger partial charge in [-0.15, -0.1) is 0 Å². The van der Waals surface area contributed by atoms with Crippen LogP contribution in [0.2, 0.25) is 0 Å². The zero-order valence-electron chi connectivity index (χ0n) is 12.9. The van der Waals surface area contributed by atoms with E-state index in [0.29, 0.717) is 9.79 Å². The quantitative estimate of drug-likeness (QED) is 0.874. The largest absolute Gasteiger partial charge is 0.361 e. The molecule has 0 amide bonds. The van der Waals surface area contributed by atoms with Gasteiger partial charge in [0.05, 0.1) is 21.2 Å². The molecule has 4 rings (SSSR count). The molecular formula is C18H20N2O2S. The van der Waals surface area contributed by atoms with Crippen molar-refractivity contribution in [2.24, 2.45) is 0 Å². The van der Waals surface area contributed by atoms with Crippen LogP contribution in [0.25, 0.3) is 0 Å². The Morgan fingerprint density at radius 1 is 0.783 bits per heavy atom. The zero-order chi connectivity index (χ0) is 15.9. The number of nitrogens with one attached hydrogen (secondary N) is 2. The smallest absolute Gasteiger partial charge is 0.206 e. The molecule has 1 fully saturated rings. The van der Waals surface area contributed by atoms with Crippen molar-refractivity contribution in [3.8, 4) is 0 Å². The molecule has 1 spiro atoms. The van der Waals surface area contributed by atoms with Crippen LogP contribution in [-0.4, -0.2) is 14.1 Å². The second kappa shape index (κ2) is 5.27. The molecule has 2 N–H and O–H groups in total. The lowest BCUT2D eigenvalue weighted by atomic mass is 9.89. The molecule has 2 aromatic rings. The van der Waals surface area contributed by atoms with E-state index in [1.807, 2.05) is 12.1 Å². The molecule has 0 aromatic heterocycles. The third-order valence-corrected chi connectivity index (χ3v) is 6.58. The Bertz CT molecular complexity index is 825. The van der Waals surface area contributed by atoms with Gasteiger partial charge in [-0.05, 0) is 56.0 Å². The average Bonchev–Trinajstić information content (AvgIpc) is 2.92. The highest BCUT2D eigenvalue weighted by Crippen LogP contribution is 2.42. The first-order chi connectivity index (χ1) is 11.1. The molecule has 1 heterocycles. The average molecular weight is 328 g/mol. The topological polar surface area (TPSA) is 58.2 Å². The van der Waals surface area contributed by atoms with Crippen molar-refractivity contribution in [1.82, 2.24) is 0 Å². The Kier molecular flexibility index (Phi) is 3.34. The van der Waals surface area contributed by atoms with Crippen molar-refractivity contribution >= 4 is 21.2 Å². The molecule has 1 saturated carbocycles. The first kappa shape index (κ1) is 14.6.